The molecule has 0 N–H and O–H groups in total. The first kappa shape index (κ1) is 8.40. The van der Waals surface area contributed by atoms with Crippen molar-refractivity contribution in [1.82, 2.24) is 4.90 Å². The third-order valence-corrected chi connectivity index (χ3v) is 3.62. The van der Waals surface area contributed by atoms with Gasteiger partial charge in [0.05, 0.1) is 3.70 Å². The Hall–Kier alpha value is 0.300. The van der Waals surface area contributed by atoms with Crippen LogP contribution < -0.4 is 0 Å². The highest BCUT2D eigenvalue weighted by molar-refractivity contribution is 14.1. The largest absolute Gasteiger partial charge is 0.366 e. The van der Waals surface area contributed by atoms with E-state index in [2.05, 4.69) is 34.5 Å². The summed E-state index contributed by atoms with van der Waals surface area (Å²) in [7, 11) is 2.06. The van der Waals surface area contributed by atoms with E-state index in [0.29, 0.717) is 0 Å². The highest BCUT2D eigenvalue weighted by Crippen LogP contribution is 2.28. The Morgan fingerprint density at radius 2 is 2.30 bits per heavy atom. The zero-order valence-electron chi connectivity index (χ0n) is 5.99. The van der Waals surface area contributed by atoms with E-state index < -0.39 is 0 Å². The van der Waals surface area contributed by atoms with Gasteiger partial charge in [-0.25, -0.2) is 0 Å². The molecule has 0 aromatic carbocycles. The van der Waals surface area contributed by atoms with Gasteiger partial charge in [0.15, 0.2) is 0 Å². The first-order valence-electron chi connectivity index (χ1n) is 3.06. The summed E-state index contributed by atoms with van der Waals surface area (Å²) < 4.78 is 1.24. The fraction of sp³-hybridized carbons (Fsp3) is 0.429. The Morgan fingerprint density at radius 1 is 1.70 bits per heavy atom. The zero-order valence-corrected chi connectivity index (χ0v) is 8.90. The van der Waals surface area contributed by atoms with Gasteiger partial charge in [0.2, 0.25) is 0 Å². The molecule has 0 fully saturated rings. The van der Waals surface area contributed by atoms with Crippen LogP contribution in [0.5, 0.6) is 0 Å². The van der Waals surface area contributed by atoms with Gasteiger partial charge in [0.25, 0.3) is 0 Å². The van der Waals surface area contributed by atoms with Crippen LogP contribution in [-0.2, 0) is 0 Å². The fourth-order valence-electron chi connectivity index (χ4n) is 0.835. The minimum atomic E-state index is 0.891. The van der Waals surface area contributed by atoms with Crippen molar-refractivity contribution < 1.29 is 0 Å². The second-order valence-corrected chi connectivity index (χ2v) is 3.78. The van der Waals surface area contributed by atoms with Crippen LogP contribution in [0.25, 0.3) is 0 Å². The molecule has 1 aliphatic rings. The molecule has 10 heavy (non-hydrogen) atoms. The smallest absolute Gasteiger partial charge is 0.0802 e. The van der Waals surface area contributed by atoms with Crippen LogP contribution in [0.1, 0.15) is 6.92 Å². The molecule has 0 saturated heterocycles. The number of hydrogen-bond donors (Lipinski definition) is 0. The van der Waals surface area contributed by atoms with E-state index in [9.17, 15) is 0 Å². The van der Waals surface area contributed by atoms with Gasteiger partial charge in [-0.05, 0) is 41.2 Å². The van der Waals surface area contributed by atoms with E-state index in [0.717, 1.165) is 11.6 Å². The summed E-state index contributed by atoms with van der Waals surface area (Å²) in [5.74, 6) is 0. The molecule has 0 radical (unpaired) electrons. The summed E-state index contributed by atoms with van der Waals surface area (Å²) in [6, 6.07) is 0. The van der Waals surface area contributed by atoms with Gasteiger partial charge < -0.3 is 4.90 Å². The number of likely N-dealkylation sites (N-methyl/N-ethyl adjacent to an activating group) is 1. The van der Waals surface area contributed by atoms with Crippen LogP contribution in [0.3, 0.4) is 0 Å². The van der Waals surface area contributed by atoms with Crippen LogP contribution in [-0.4, -0.2) is 18.5 Å². The standard InChI is InChI=1S/C7H9ClIN/c1-5-6(8)3-4-10(2)7(5)9/h3H,4H2,1-2H3. The summed E-state index contributed by atoms with van der Waals surface area (Å²) in [4.78, 5) is 2.17. The molecule has 0 unspecified atom stereocenters. The summed E-state index contributed by atoms with van der Waals surface area (Å²) in [5, 5.41) is 0.891. The van der Waals surface area contributed by atoms with Crippen LogP contribution in [0, 0.1) is 0 Å². The maximum Gasteiger partial charge on any atom is 0.0802 e. The fourth-order valence-corrected chi connectivity index (χ4v) is 1.64. The van der Waals surface area contributed by atoms with Crippen LogP contribution in [0.4, 0.5) is 0 Å². The van der Waals surface area contributed by atoms with Crippen molar-refractivity contribution in [3.63, 3.8) is 0 Å². The topological polar surface area (TPSA) is 3.24 Å². The van der Waals surface area contributed by atoms with Gasteiger partial charge in [-0.15, -0.1) is 0 Å². The zero-order chi connectivity index (χ0) is 7.72. The number of hydrogen-bond acceptors (Lipinski definition) is 1. The lowest BCUT2D eigenvalue weighted by molar-refractivity contribution is 0.493. The van der Waals surface area contributed by atoms with Gasteiger partial charge in [-0.1, -0.05) is 11.6 Å². The average Bonchev–Trinajstić information content (AvgIpc) is 1.93. The number of rotatable bonds is 0. The Kier molecular flexibility index (Phi) is 2.63. The third kappa shape index (κ3) is 1.48. The second kappa shape index (κ2) is 3.13. The average molecular weight is 270 g/mol. The van der Waals surface area contributed by atoms with Crippen molar-refractivity contribution in [2.24, 2.45) is 0 Å². The molecule has 1 rings (SSSR count). The molecule has 3 heteroatoms. The minimum Gasteiger partial charge on any atom is -0.366 e. The third-order valence-electron chi connectivity index (χ3n) is 1.55. The number of halogens is 2. The van der Waals surface area contributed by atoms with Crippen molar-refractivity contribution in [3.8, 4) is 0 Å². The summed E-state index contributed by atoms with van der Waals surface area (Å²) in [6.07, 6.45) is 2.03. The van der Waals surface area contributed by atoms with Crippen LogP contribution in [0.15, 0.2) is 20.4 Å². The predicted octanol–water partition coefficient (Wildman–Crippen LogP) is 2.72. The highest BCUT2D eigenvalue weighted by Gasteiger charge is 2.11. The lowest BCUT2D eigenvalue weighted by atomic mass is 10.2. The summed E-state index contributed by atoms with van der Waals surface area (Å²) in [6.45, 7) is 2.96. The maximum atomic E-state index is 5.90. The molecule has 0 atom stereocenters. The van der Waals surface area contributed by atoms with Crippen LogP contribution in [0.2, 0.25) is 0 Å². The molecular weight excluding hydrogens is 260 g/mol. The van der Waals surface area contributed by atoms with E-state index in [1.165, 1.54) is 9.28 Å². The molecule has 1 aliphatic heterocycles. The minimum absolute atomic E-state index is 0.891. The molecular formula is C7H9ClIN. The van der Waals surface area contributed by atoms with E-state index in [4.69, 9.17) is 11.6 Å². The molecule has 0 aliphatic carbocycles. The van der Waals surface area contributed by atoms with Crippen molar-refractivity contribution >= 4 is 34.2 Å². The SMILES string of the molecule is CC1=C(I)N(C)CC=C1Cl. The van der Waals surface area contributed by atoms with E-state index >= 15 is 0 Å². The van der Waals surface area contributed by atoms with Crippen molar-refractivity contribution in [2.75, 3.05) is 13.6 Å². The van der Waals surface area contributed by atoms with Gasteiger partial charge in [-0.3, -0.25) is 0 Å². The summed E-state index contributed by atoms with van der Waals surface area (Å²) in [5.41, 5.74) is 1.18. The molecule has 1 nitrogen and oxygen atoms in total. The Bertz CT molecular complexity index is 208. The number of allylic oxidation sites excluding steroid dienone is 2. The van der Waals surface area contributed by atoms with Crippen LogP contribution >= 0.6 is 34.2 Å². The maximum absolute atomic E-state index is 5.90. The lowest BCUT2D eigenvalue weighted by Gasteiger charge is -2.23. The van der Waals surface area contributed by atoms with Crippen molar-refractivity contribution in [3.05, 3.63) is 20.4 Å². The molecule has 0 saturated carbocycles. The predicted molar refractivity (Wildman–Crippen MR) is 53.3 cm³/mol. The number of nitrogens with zero attached hydrogens (tertiary/aromatic N) is 1. The van der Waals surface area contributed by atoms with Crippen molar-refractivity contribution in [1.29, 1.82) is 0 Å². The quantitative estimate of drug-likeness (QED) is 0.483. The lowest BCUT2D eigenvalue weighted by Crippen LogP contribution is -2.18. The monoisotopic (exact) mass is 269 g/mol. The van der Waals surface area contributed by atoms with E-state index in [1.54, 1.807) is 0 Å². The van der Waals surface area contributed by atoms with Gasteiger partial charge in [-0.2, -0.15) is 0 Å². The molecule has 0 aromatic heterocycles. The molecule has 0 bridgehead atoms. The second-order valence-electron chi connectivity index (χ2n) is 2.35. The molecule has 0 spiro atoms. The van der Waals surface area contributed by atoms with Gasteiger partial charge >= 0.3 is 0 Å². The Morgan fingerprint density at radius 3 is 2.80 bits per heavy atom. The normalized spacial score (nSPS) is 19.6. The Labute approximate surface area is 79.9 Å². The Balaban J connectivity index is 2.94. The molecule has 0 aromatic rings. The summed E-state index contributed by atoms with van der Waals surface area (Å²) >= 11 is 8.20. The molecule has 1 heterocycles. The first-order valence-corrected chi connectivity index (χ1v) is 4.52. The van der Waals surface area contributed by atoms with Crippen molar-refractivity contribution in [2.45, 2.75) is 6.92 Å². The van der Waals surface area contributed by atoms with E-state index in [-0.39, 0.29) is 0 Å². The van der Waals surface area contributed by atoms with Gasteiger partial charge in [0.1, 0.15) is 0 Å². The first-order chi connectivity index (χ1) is 4.63. The van der Waals surface area contributed by atoms with Gasteiger partial charge in [0, 0.05) is 18.6 Å². The molecule has 56 valence electrons. The van der Waals surface area contributed by atoms with E-state index in [1.807, 2.05) is 13.0 Å². The molecule has 0 amide bonds. The highest BCUT2D eigenvalue weighted by atomic mass is 127.